The second kappa shape index (κ2) is 4.38. The van der Waals surface area contributed by atoms with Crippen molar-refractivity contribution in [2.45, 2.75) is 0 Å². The van der Waals surface area contributed by atoms with E-state index in [2.05, 4.69) is 10.1 Å². The summed E-state index contributed by atoms with van der Waals surface area (Å²) in [6, 6.07) is 2.89. The van der Waals surface area contributed by atoms with Crippen LogP contribution in [-0.2, 0) is 9.53 Å². The maximum Gasteiger partial charge on any atom is 0.351 e. The van der Waals surface area contributed by atoms with E-state index in [1.54, 1.807) is 0 Å². The lowest BCUT2D eigenvalue weighted by Crippen LogP contribution is -2.14. The Morgan fingerprint density at radius 1 is 1.53 bits per heavy atom. The Morgan fingerprint density at radius 3 is 2.94 bits per heavy atom. The number of ether oxygens (including phenoxy) is 1. The number of methoxy groups -OCH3 is 1. The molecule has 0 bridgehead atoms. The van der Waals surface area contributed by atoms with E-state index < -0.39 is 11.6 Å². The molecule has 0 aliphatic rings. The van der Waals surface area contributed by atoms with E-state index in [-0.39, 0.29) is 5.56 Å². The maximum atomic E-state index is 11.4. The minimum absolute atomic E-state index is 0.167. The molecule has 0 saturated carbocycles. The van der Waals surface area contributed by atoms with Crippen LogP contribution in [0.5, 0.6) is 0 Å². The topological polar surface area (TPSA) is 85.6 Å². The van der Waals surface area contributed by atoms with Gasteiger partial charge in [-0.3, -0.25) is 4.79 Å². The van der Waals surface area contributed by atoms with E-state index >= 15 is 0 Å². The average Bonchev–Trinajstić information content (AvgIpc) is 2.69. The number of amides is 1. The van der Waals surface area contributed by atoms with Crippen LogP contribution in [-0.4, -0.2) is 19.5 Å². The number of fused-ring (bicyclic) bond motifs is 1. The van der Waals surface area contributed by atoms with E-state index in [1.165, 1.54) is 30.6 Å². The molecule has 2 aromatic rings. The minimum atomic E-state index is -0.764. The molecule has 0 atom stereocenters. The van der Waals surface area contributed by atoms with Crippen LogP contribution in [0, 0.1) is 0 Å². The lowest BCUT2D eigenvalue weighted by molar-refractivity contribution is -0.105. The lowest BCUT2D eigenvalue weighted by atomic mass is 10.3. The van der Waals surface area contributed by atoms with Crippen molar-refractivity contribution in [1.29, 1.82) is 0 Å². The van der Waals surface area contributed by atoms with Crippen molar-refractivity contribution in [3.63, 3.8) is 0 Å². The predicted molar refractivity (Wildman–Crippen MR) is 61.4 cm³/mol. The summed E-state index contributed by atoms with van der Waals surface area (Å²) in [5.41, 5.74) is -0.615. The van der Waals surface area contributed by atoms with Crippen LogP contribution in [0.1, 0.15) is 10.4 Å². The van der Waals surface area contributed by atoms with Crippen molar-refractivity contribution < 1.29 is 18.7 Å². The number of esters is 1. The Bertz CT molecular complexity index is 642. The predicted octanol–water partition coefficient (Wildman–Crippen LogP) is 1.21. The van der Waals surface area contributed by atoms with Crippen LogP contribution in [0.15, 0.2) is 21.3 Å². The maximum absolute atomic E-state index is 11.4. The Kier molecular flexibility index (Phi) is 2.92. The van der Waals surface area contributed by atoms with Crippen LogP contribution in [0.25, 0.3) is 10.3 Å². The minimum Gasteiger partial charge on any atom is -0.465 e. The first-order valence-electron chi connectivity index (χ1n) is 4.52. The molecule has 0 aliphatic heterocycles. The van der Waals surface area contributed by atoms with Gasteiger partial charge in [0.05, 0.1) is 16.8 Å². The van der Waals surface area contributed by atoms with E-state index in [0.717, 1.165) is 0 Å². The fourth-order valence-electron chi connectivity index (χ4n) is 1.30. The molecule has 0 spiro atoms. The Hall–Kier alpha value is -2.15. The standard InChI is InChI=1S/C10H7NO5S/c1-15-9(13)5-2-7-6(16-10(5)14)3-8(17-7)11-4-12/h2-4H,1H3,(H,11,12). The van der Waals surface area contributed by atoms with E-state index in [4.69, 9.17) is 4.42 Å². The molecule has 0 radical (unpaired) electrons. The lowest BCUT2D eigenvalue weighted by Gasteiger charge is -1.96. The molecular weight excluding hydrogens is 246 g/mol. The van der Waals surface area contributed by atoms with Crippen molar-refractivity contribution in [2.75, 3.05) is 12.4 Å². The van der Waals surface area contributed by atoms with Gasteiger partial charge in [-0.25, -0.2) is 9.59 Å². The van der Waals surface area contributed by atoms with Crippen LogP contribution >= 0.6 is 11.3 Å². The van der Waals surface area contributed by atoms with Crippen molar-refractivity contribution in [3.05, 3.63) is 28.1 Å². The zero-order valence-corrected chi connectivity index (χ0v) is 9.50. The van der Waals surface area contributed by atoms with Gasteiger partial charge in [0.2, 0.25) is 6.41 Å². The summed E-state index contributed by atoms with van der Waals surface area (Å²) in [4.78, 5) is 33.0. The van der Waals surface area contributed by atoms with Gasteiger partial charge >= 0.3 is 11.6 Å². The summed E-state index contributed by atoms with van der Waals surface area (Å²) in [6.07, 6.45) is 0.518. The summed E-state index contributed by atoms with van der Waals surface area (Å²) in [5, 5.41) is 2.97. The summed E-state index contributed by atoms with van der Waals surface area (Å²) >= 11 is 1.19. The highest BCUT2D eigenvalue weighted by molar-refractivity contribution is 7.22. The summed E-state index contributed by atoms with van der Waals surface area (Å²) < 4.78 is 9.97. The normalized spacial score (nSPS) is 10.2. The van der Waals surface area contributed by atoms with Gasteiger partial charge in [0.25, 0.3) is 0 Å². The fraction of sp³-hybridized carbons (Fsp3) is 0.100. The highest BCUT2D eigenvalue weighted by Crippen LogP contribution is 2.28. The van der Waals surface area contributed by atoms with Gasteiger partial charge in [-0.1, -0.05) is 0 Å². The molecule has 1 N–H and O–H groups in total. The number of anilines is 1. The molecule has 1 amide bonds. The molecule has 7 heteroatoms. The highest BCUT2D eigenvalue weighted by Gasteiger charge is 2.15. The molecule has 0 unspecified atom stereocenters. The van der Waals surface area contributed by atoms with Crippen LogP contribution < -0.4 is 10.9 Å². The molecule has 2 rings (SSSR count). The Balaban J connectivity index is 2.59. The van der Waals surface area contributed by atoms with Gasteiger partial charge in [0, 0.05) is 6.07 Å². The third-order valence-electron chi connectivity index (χ3n) is 2.03. The Labute approximate surface area is 98.8 Å². The second-order valence-corrected chi connectivity index (χ2v) is 4.12. The van der Waals surface area contributed by atoms with E-state index in [1.807, 2.05) is 0 Å². The van der Waals surface area contributed by atoms with Crippen LogP contribution in [0.3, 0.4) is 0 Å². The SMILES string of the molecule is COC(=O)c1cc2sc(NC=O)cc2oc1=O. The molecule has 0 aromatic carbocycles. The summed E-state index contributed by atoms with van der Waals surface area (Å²) in [6.45, 7) is 0. The number of rotatable bonds is 3. The highest BCUT2D eigenvalue weighted by atomic mass is 32.1. The number of thiophene rings is 1. The van der Waals surface area contributed by atoms with Gasteiger partial charge in [-0.2, -0.15) is 0 Å². The number of hydrogen-bond acceptors (Lipinski definition) is 6. The molecule has 0 fully saturated rings. The molecule has 0 aliphatic carbocycles. The zero-order chi connectivity index (χ0) is 12.4. The van der Waals surface area contributed by atoms with E-state index in [0.29, 0.717) is 21.7 Å². The first-order valence-corrected chi connectivity index (χ1v) is 5.33. The van der Waals surface area contributed by atoms with Crippen molar-refractivity contribution >= 4 is 39.0 Å². The quantitative estimate of drug-likeness (QED) is 0.656. The third kappa shape index (κ3) is 2.04. The smallest absolute Gasteiger partial charge is 0.351 e. The monoisotopic (exact) mass is 253 g/mol. The first kappa shape index (κ1) is 11.3. The van der Waals surface area contributed by atoms with Gasteiger partial charge in [-0.05, 0) is 6.07 Å². The van der Waals surface area contributed by atoms with Gasteiger partial charge < -0.3 is 14.5 Å². The molecule has 17 heavy (non-hydrogen) atoms. The van der Waals surface area contributed by atoms with Crippen LogP contribution in [0.2, 0.25) is 0 Å². The van der Waals surface area contributed by atoms with Gasteiger partial charge in [0.1, 0.15) is 5.56 Å². The molecule has 2 aromatic heterocycles. The number of carbonyl (C=O) groups excluding carboxylic acids is 2. The van der Waals surface area contributed by atoms with Crippen molar-refractivity contribution in [3.8, 4) is 0 Å². The fourth-order valence-corrected chi connectivity index (χ4v) is 2.18. The summed E-state index contributed by atoms with van der Waals surface area (Å²) in [7, 11) is 1.18. The van der Waals surface area contributed by atoms with E-state index in [9.17, 15) is 14.4 Å². The van der Waals surface area contributed by atoms with Gasteiger partial charge in [-0.15, -0.1) is 11.3 Å². The average molecular weight is 253 g/mol. The van der Waals surface area contributed by atoms with Gasteiger partial charge in [0.15, 0.2) is 5.58 Å². The molecule has 0 saturated heterocycles. The number of carbonyl (C=O) groups is 2. The second-order valence-electron chi connectivity index (χ2n) is 3.04. The zero-order valence-electron chi connectivity index (χ0n) is 8.68. The molecular formula is C10H7NO5S. The number of hydrogen-bond donors (Lipinski definition) is 1. The molecule has 2 heterocycles. The molecule has 6 nitrogen and oxygen atoms in total. The third-order valence-corrected chi connectivity index (χ3v) is 3.02. The van der Waals surface area contributed by atoms with Crippen molar-refractivity contribution in [1.82, 2.24) is 0 Å². The van der Waals surface area contributed by atoms with Crippen molar-refractivity contribution in [2.24, 2.45) is 0 Å². The first-order chi connectivity index (χ1) is 8.15. The number of nitrogens with one attached hydrogen (secondary N) is 1. The van der Waals surface area contributed by atoms with Crippen LogP contribution in [0.4, 0.5) is 5.00 Å². The Morgan fingerprint density at radius 2 is 2.29 bits per heavy atom. The largest absolute Gasteiger partial charge is 0.465 e. The molecule has 88 valence electrons. The summed E-state index contributed by atoms with van der Waals surface area (Å²) in [5.74, 6) is -0.751.